The number of ether oxygens (including phenoxy) is 1. The summed E-state index contributed by atoms with van der Waals surface area (Å²) < 4.78 is 27.8. The van der Waals surface area contributed by atoms with Gasteiger partial charge in [-0.05, 0) is 19.8 Å². The highest BCUT2D eigenvalue weighted by atomic mass is 19.3. The summed E-state index contributed by atoms with van der Waals surface area (Å²) in [5.74, 6) is 0. The van der Waals surface area contributed by atoms with E-state index in [0.717, 1.165) is 0 Å². The Hall–Kier alpha value is -0.260. The first-order chi connectivity index (χ1) is 5.98. The first-order valence-corrected chi connectivity index (χ1v) is 4.23. The van der Waals surface area contributed by atoms with E-state index in [2.05, 4.69) is 4.74 Å². The van der Waals surface area contributed by atoms with Crippen molar-refractivity contribution in [1.82, 2.24) is 0 Å². The lowest BCUT2D eigenvalue weighted by atomic mass is 9.99. The average molecular weight is 197 g/mol. The van der Waals surface area contributed by atoms with Gasteiger partial charge in [0.2, 0.25) is 0 Å². The third-order valence-corrected chi connectivity index (χ3v) is 1.64. The molecule has 0 heterocycles. The largest absolute Gasteiger partial charge is 0.394 e. The van der Waals surface area contributed by atoms with Gasteiger partial charge in [0.25, 0.3) is 6.43 Å². The normalized spacial score (nSPS) is 16.2. The third kappa shape index (κ3) is 8.08. The molecule has 0 aliphatic carbocycles. The van der Waals surface area contributed by atoms with Crippen LogP contribution in [0.4, 0.5) is 8.78 Å². The van der Waals surface area contributed by atoms with Crippen molar-refractivity contribution in [2.75, 3.05) is 19.8 Å². The van der Waals surface area contributed by atoms with Crippen LogP contribution in [0.25, 0.3) is 0 Å². The highest BCUT2D eigenvalue weighted by Crippen LogP contribution is 2.07. The van der Waals surface area contributed by atoms with E-state index in [1.165, 1.54) is 0 Å². The van der Waals surface area contributed by atoms with Crippen LogP contribution in [0, 0.1) is 0 Å². The molecule has 0 rings (SSSR count). The summed E-state index contributed by atoms with van der Waals surface area (Å²) in [7, 11) is 0. The minimum atomic E-state index is -2.41. The quantitative estimate of drug-likeness (QED) is 0.592. The van der Waals surface area contributed by atoms with Gasteiger partial charge < -0.3 is 15.6 Å². The monoisotopic (exact) mass is 197 g/mol. The Bertz CT molecular complexity index is 131. The molecule has 0 aromatic heterocycles. The Labute approximate surface area is 76.9 Å². The number of alkyl halides is 2. The van der Waals surface area contributed by atoms with Gasteiger partial charge in [-0.15, -0.1) is 0 Å². The van der Waals surface area contributed by atoms with Crippen LogP contribution >= 0.6 is 0 Å². The number of rotatable bonds is 7. The molecule has 0 aromatic carbocycles. The molecule has 3 nitrogen and oxygen atoms in total. The second-order valence-electron chi connectivity index (χ2n) is 3.38. The molecule has 0 spiro atoms. The van der Waals surface area contributed by atoms with Crippen molar-refractivity contribution in [3.05, 3.63) is 0 Å². The molecule has 13 heavy (non-hydrogen) atoms. The Morgan fingerprint density at radius 2 is 2.15 bits per heavy atom. The van der Waals surface area contributed by atoms with E-state index in [0.29, 0.717) is 12.8 Å². The molecule has 0 amide bonds. The molecule has 0 radical (unpaired) electrons. The molecular formula is C8H17F2NO2. The van der Waals surface area contributed by atoms with Gasteiger partial charge >= 0.3 is 0 Å². The molecule has 0 aliphatic rings. The summed E-state index contributed by atoms with van der Waals surface area (Å²) in [6.07, 6.45) is -1.27. The van der Waals surface area contributed by atoms with Crippen LogP contribution in [0.3, 0.4) is 0 Å². The van der Waals surface area contributed by atoms with Gasteiger partial charge in [0, 0.05) is 12.1 Å². The van der Waals surface area contributed by atoms with Crippen LogP contribution in [-0.4, -0.2) is 36.9 Å². The molecule has 0 bridgehead atoms. The highest BCUT2D eigenvalue weighted by molar-refractivity contribution is 4.76. The number of aliphatic hydroxyl groups is 1. The van der Waals surface area contributed by atoms with Gasteiger partial charge in [0.1, 0.15) is 6.61 Å². The minimum absolute atomic E-state index is 0.109. The summed E-state index contributed by atoms with van der Waals surface area (Å²) in [5.41, 5.74) is 4.97. The topological polar surface area (TPSA) is 55.5 Å². The van der Waals surface area contributed by atoms with Gasteiger partial charge in [0.05, 0.1) is 6.61 Å². The molecule has 5 heteroatoms. The summed E-state index contributed by atoms with van der Waals surface area (Å²) in [6, 6.07) is 0. The van der Waals surface area contributed by atoms with Gasteiger partial charge in [-0.25, -0.2) is 8.78 Å². The molecule has 3 N–H and O–H groups in total. The van der Waals surface area contributed by atoms with Crippen LogP contribution in [0.1, 0.15) is 19.8 Å². The first kappa shape index (κ1) is 12.7. The van der Waals surface area contributed by atoms with Crippen molar-refractivity contribution in [2.45, 2.75) is 31.7 Å². The van der Waals surface area contributed by atoms with E-state index in [-0.39, 0.29) is 13.2 Å². The zero-order chi connectivity index (χ0) is 10.3. The lowest BCUT2D eigenvalue weighted by Crippen LogP contribution is -2.40. The van der Waals surface area contributed by atoms with Crippen LogP contribution in [-0.2, 0) is 4.74 Å². The minimum Gasteiger partial charge on any atom is -0.394 e. The van der Waals surface area contributed by atoms with E-state index < -0.39 is 18.6 Å². The Balaban J connectivity index is 3.26. The van der Waals surface area contributed by atoms with Crippen LogP contribution in [0.5, 0.6) is 0 Å². The predicted molar refractivity (Wildman–Crippen MR) is 45.7 cm³/mol. The van der Waals surface area contributed by atoms with E-state index in [4.69, 9.17) is 10.8 Å². The van der Waals surface area contributed by atoms with Gasteiger partial charge in [0.15, 0.2) is 0 Å². The number of hydrogen-bond donors (Lipinski definition) is 2. The smallest absolute Gasteiger partial charge is 0.261 e. The van der Waals surface area contributed by atoms with Crippen molar-refractivity contribution in [2.24, 2.45) is 5.73 Å². The van der Waals surface area contributed by atoms with Gasteiger partial charge in [-0.1, -0.05) is 0 Å². The van der Waals surface area contributed by atoms with Crippen LogP contribution < -0.4 is 5.73 Å². The molecule has 0 aromatic rings. The van der Waals surface area contributed by atoms with Gasteiger partial charge in [-0.2, -0.15) is 0 Å². The Morgan fingerprint density at radius 3 is 2.62 bits per heavy atom. The first-order valence-electron chi connectivity index (χ1n) is 4.23. The zero-order valence-electron chi connectivity index (χ0n) is 7.80. The molecule has 0 fully saturated rings. The fourth-order valence-electron chi connectivity index (χ4n) is 0.830. The number of halogens is 2. The summed E-state index contributed by atoms with van der Waals surface area (Å²) in [5, 5.41) is 8.75. The summed E-state index contributed by atoms with van der Waals surface area (Å²) in [4.78, 5) is 0. The molecular weight excluding hydrogens is 180 g/mol. The number of aliphatic hydroxyl groups excluding tert-OH is 1. The molecule has 1 unspecified atom stereocenters. The van der Waals surface area contributed by atoms with Crippen LogP contribution in [0.2, 0.25) is 0 Å². The van der Waals surface area contributed by atoms with E-state index in [1.54, 1.807) is 6.92 Å². The third-order valence-electron chi connectivity index (χ3n) is 1.64. The number of hydrogen-bond acceptors (Lipinski definition) is 3. The van der Waals surface area contributed by atoms with Crippen molar-refractivity contribution in [3.8, 4) is 0 Å². The fourth-order valence-corrected chi connectivity index (χ4v) is 0.830. The second kappa shape index (κ2) is 6.23. The summed E-state index contributed by atoms with van der Waals surface area (Å²) in [6.45, 7) is 1.33. The zero-order valence-corrected chi connectivity index (χ0v) is 7.80. The van der Waals surface area contributed by atoms with Crippen molar-refractivity contribution >= 4 is 0 Å². The van der Waals surface area contributed by atoms with Crippen molar-refractivity contribution in [3.63, 3.8) is 0 Å². The molecule has 1 atom stereocenters. The Morgan fingerprint density at radius 1 is 1.54 bits per heavy atom. The lowest BCUT2D eigenvalue weighted by Gasteiger charge is -2.21. The molecule has 0 aliphatic heterocycles. The lowest BCUT2D eigenvalue weighted by molar-refractivity contribution is 0.0144. The molecule has 0 saturated carbocycles. The van der Waals surface area contributed by atoms with Crippen molar-refractivity contribution < 1.29 is 18.6 Å². The molecule has 80 valence electrons. The van der Waals surface area contributed by atoms with Crippen molar-refractivity contribution in [1.29, 1.82) is 0 Å². The summed E-state index contributed by atoms with van der Waals surface area (Å²) >= 11 is 0. The van der Waals surface area contributed by atoms with E-state index in [1.807, 2.05) is 0 Å². The predicted octanol–water partition coefficient (Wildman–Crippen LogP) is 0.758. The van der Waals surface area contributed by atoms with E-state index >= 15 is 0 Å². The Kier molecular flexibility index (Phi) is 6.11. The maximum atomic E-state index is 11.6. The maximum absolute atomic E-state index is 11.6. The maximum Gasteiger partial charge on any atom is 0.261 e. The second-order valence-corrected chi connectivity index (χ2v) is 3.38. The van der Waals surface area contributed by atoms with E-state index in [9.17, 15) is 8.78 Å². The SMILES string of the molecule is CC(N)(CO)CCCOCC(F)F. The van der Waals surface area contributed by atoms with Crippen LogP contribution in [0.15, 0.2) is 0 Å². The van der Waals surface area contributed by atoms with Gasteiger partial charge in [-0.3, -0.25) is 0 Å². The molecule has 0 saturated heterocycles. The highest BCUT2D eigenvalue weighted by Gasteiger charge is 2.15. The fraction of sp³-hybridized carbons (Fsp3) is 1.00. The number of nitrogens with two attached hydrogens (primary N) is 1. The standard InChI is InChI=1S/C8H17F2NO2/c1-8(11,6-12)3-2-4-13-5-7(9)10/h7,12H,2-6,11H2,1H3. The average Bonchev–Trinajstić information content (AvgIpc) is 2.03.